The average molecular weight is 452 g/mol. The van der Waals surface area contributed by atoms with Crippen molar-refractivity contribution in [2.75, 3.05) is 19.8 Å². The van der Waals surface area contributed by atoms with Crippen molar-refractivity contribution in [2.45, 2.75) is 39.0 Å². The number of nitrogens with zero attached hydrogens (tertiary/aromatic N) is 1. The van der Waals surface area contributed by atoms with Gasteiger partial charge in [-0.05, 0) is 61.8 Å². The summed E-state index contributed by atoms with van der Waals surface area (Å²) >= 11 is 5.73. The maximum Gasteiger partial charge on any atom is 0.253 e. The summed E-state index contributed by atoms with van der Waals surface area (Å²) in [5.41, 5.74) is 2.46. The Labute approximate surface area is 193 Å². The van der Waals surface area contributed by atoms with Gasteiger partial charge in [0.25, 0.3) is 5.56 Å². The summed E-state index contributed by atoms with van der Waals surface area (Å²) in [7, 11) is 0. The highest BCUT2D eigenvalue weighted by Crippen LogP contribution is 2.20. The molecule has 1 aliphatic rings. The summed E-state index contributed by atoms with van der Waals surface area (Å²) in [4.78, 5) is 17.8. The molecule has 3 aromatic rings. The quantitative estimate of drug-likeness (QED) is 0.505. The largest absolute Gasteiger partial charge is 0.494 e. The van der Waals surface area contributed by atoms with Crippen molar-refractivity contribution in [3.8, 4) is 5.75 Å². The molecular weight excluding hydrogens is 422 g/mol. The molecule has 0 spiro atoms. The lowest BCUT2D eigenvalue weighted by Gasteiger charge is -2.27. The van der Waals surface area contributed by atoms with E-state index in [2.05, 4.69) is 22.4 Å². The van der Waals surface area contributed by atoms with Crippen LogP contribution in [0.5, 0.6) is 5.75 Å². The van der Waals surface area contributed by atoms with Gasteiger partial charge in [0.2, 0.25) is 0 Å². The van der Waals surface area contributed by atoms with Crippen molar-refractivity contribution in [3.63, 3.8) is 0 Å². The van der Waals surface area contributed by atoms with Crippen LogP contribution < -0.4 is 15.6 Å². The van der Waals surface area contributed by atoms with Gasteiger partial charge in [-0.1, -0.05) is 30.3 Å². The fraction of sp³-hybridized carbons (Fsp3) is 0.360. The van der Waals surface area contributed by atoms with E-state index in [1.807, 2.05) is 54.3 Å². The molecule has 1 atom stereocenters. The molecule has 0 amide bonds. The van der Waals surface area contributed by atoms with Crippen molar-refractivity contribution < 1.29 is 9.47 Å². The van der Waals surface area contributed by atoms with E-state index >= 15 is 0 Å². The zero-order valence-electron chi connectivity index (χ0n) is 18.3. The molecule has 1 aromatic heterocycles. The molecule has 6 nitrogen and oxygen atoms in total. The van der Waals surface area contributed by atoms with Gasteiger partial charge in [-0.3, -0.25) is 4.79 Å². The minimum Gasteiger partial charge on any atom is -0.494 e. The van der Waals surface area contributed by atoms with Gasteiger partial charge >= 0.3 is 0 Å². The molecule has 7 heteroatoms. The van der Waals surface area contributed by atoms with Gasteiger partial charge in [0.1, 0.15) is 5.75 Å². The van der Waals surface area contributed by atoms with E-state index in [9.17, 15) is 4.79 Å². The van der Waals surface area contributed by atoms with Crippen molar-refractivity contribution in [1.82, 2.24) is 15.2 Å². The Morgan fingerprint density at radius 1 is 1.22 bits per heavy atom. The Bertz CT molecular complexity index is 1110. The second kappa shape index (κ2) is 10.6. The molecular formula is C25H29N3O3S. The molecule has 0 bridgehead atoms. The van der Waals surface area contributed by atoms with Crippen LogP contribution in [-0.2, 0) is 17.8 Å². The van der Waals surface area contributed by atoms with Crippen molar-refractivity contribution in [3.05, 3.63) is 76.1 Å². The summed E-state index contributed by atoms with van der Waals surface area (Å²) in [5, 5.41) is 4.90. The lowest BCUT2D eigenvalue weighted by molar-refractivity contribution is 0.113. The SMILES string of the molecule is CCOc1ccc2[nH]c(=O)c(CN(Cc3ccccc3)C(=S)NCC3CCCO3)cc2c1. The molecule has 32 heavy (non-hydrogen) atoms. The summed E-state index contributed by atoms with van der Waals surface area (Å²) in [6, 6.07) is 17.8. The van der Waals surface area contributed by atoms with Crippen molar-refractivity contribution in [1.29, 1.82) is 0 Å². The summed E-state index contributed by atoms with van der Waals surface area (Å²) < 4.78 is 11.3. The van der Waals surface area contributed by atoms with E-state index in [1.54, 1.807) is 0 Å². The third-order valence-electron chi connectivity index (χ3n) is 5.57. The maximum absolute atomic E-state index is 12.8. The Balaban J connectivity index is 1.57. The molecule has 1 saturated heterocycles. The molecule has 0 aliphatic carbocycles. The van der Waals surface area contributed by atoms with Gasteiger partial charge in [0, 0.05) is 36.2 Å². The number of hydrogen-bond acceptors (Lipinski definition) is 4. The number of hydrogen-bond donors (Lipinski definition) is 2. The number of aromatic amines is 1. The van der Waals surface area contributed by atoms with Crippen molar-refractivity contribution >= 4 is 28.2 Å². The van der Waals surface area contributed by atoms with Crippen LogP contribution in [0.25, 0.3) is 10.9 Å². The number of benzene rings is 2. The number of aromatic nitrogens is 1. The van der Waals surface area contributed by atoms with E-state index in [1.165, 1.54) is 0 Å². The summed E-state index contributed by atoms with van der Waals surface area (Å²) in [6.07, 6.45) is 2.32. The van der Waals surface area contributed by atoms with Crippen LogP contribution in [0.3, 0.4) is 0 Å². The van der Waals surface area contributed by atoms with Gasteiger partial charge in [0.15, 0.2) is 5.11 Å². The summed E-state index contributed by atoms with van der Waals surface area (Å²) in [6.45, 7) is 5.04. The van der Waals surface area contributed by atoms with Gasteiger partial charge in [-0.2, -0.15) is 0 Å². The van der Waals surface area contributed by atoms with E-state index in [0.717, 1.165) is 41.7 Å². The van der Waals surface area contributed by atoms with Crippen LogP contribution in [0.2, 0.25) is 0 Å². The number of pyridine rings is 1. The van der Waals surface area contributed by atoms with Crippen molar-refractivity contribution in [2.24, 2.45) is 0 Å². The van der Waals surface area contributed by atoms with E-state index in [-0.39, 0.29) is 11.7 Å². The molecule has 2 N–H and O–H groups in total. The lowest BCUT2D eigenvalue weighted by Crippen LogP contribution is -2.42. The Hall–Kier alpha value is -2.90. The standard InChI is InChI=1S/C25H29N3O3S/c1-2-30-21-10-11-23-19(14-21)13-20(24(29)27-23)17-28(16-18-7-4-3-5-8-18)25(32)26-15-22-9-6-12-31-22/h3-5,7-8,10-11,13-14,22H,2,6,9,12,15-17H2,1H3,(H,26,32)(H,27,29). The number of fused-ring (bicyclic) bond motifs is 1. The second-order valence-electron chi connectivity index (χ2n) is 7.97. The van der Waals surface area contributed by atoms with E-state index in [4.69, 9.17) is 21.7 Å². The van der Waals surface area contributed by atoms with Crippen LogP contribution in [0.15, 0.2) is 59.4 Å². The lowest BCUT2D eigenvalue weighted by atomic mass is 10.1. The minimum absolute atomic E-state index is 0.110. The summed E-state index contributed by atoms with van der Waals surface area (Å²) in [5.74, 6) is 0.785. The third-order valence-corrected chi connectivity index (χ3v) is 5.98. The fourth-order valence-electron chi connectivity index (χ4n) is 3.93. The second-order valence-corrected chi connectivity index (χ2v) is 8.36. The molecule has 0 saturated carbocycles. The molecule has 4 rings (SSSR count). The topological polar surface area (TPSA) is 66.6 Å². The maximum atomic E-state index is 12.8. The zero-order valence-corrected chi connectivity index (χ0v) is 19.1. The van der Waals surface area contributed by atoms with Crippen LogP contribution in [0.4, 0.5) is 0 Å². The van der Waals surface area contributed by atoms with Gasteiger partial charge in [0.05, 0.1) is 19.3 Å². The Morgan fingerprint density at radius 2 is 2.06 bits per heavy atom. The zero-order chi connectivity index (χ0) is 22.3. The molecule has 1 aliphatic heterocycles. The number of nitrogens with one attached hydrogen (secondary N) is 2. The Kier molecular flexibility index (Phi) is 7.39. The first-order valence-electron chi connectivity index (χ1n) is 11.1. The number of rotatable bonds is 8. The first-order chi connectivity index (χ1) is 15.6. The minimum atomic E-state index is -0.110. The Morgan fingerprint density at radius 3 is 2.81 bits per heavy atom. The molecule has 2 aromatic carbocycles. The average Bonchev–Trinajstić information content (AvgIpc) is 3.32. The predicted octanol–water partition coefficient (Wildman–Crippen LogP) is 3.98. The van der Waals surface area contributed by atoms with Crippen LogP contribution in [0, 0.1) is 0 Å². The van der Waals surface area contributed by atoms with E-state index in [0.29, 0.717) is 36.9 Å². The molecule has 0 radical (unpaired) electrons. The monoisotopic (exact) mass is 451 g/mol. The number of H-pyrrole nitrogens is 1. The van der Waals surface area contributed by atoms with Crippen LogP contribution >= 0.6 is 12.2 Å². The predicted molar refractivity (Wildman–Crippen MR) is 131 cm³/mol. The third kappa shape index (κ3) is 5.66. The van der Waals surface area contributed by atoms with Gasteiger partial charge < -0.3 is 24.7 Å². The molecule has 1 fully saturated rings. The first kappa shape index (κ1) is 22.3. The number of ether oxygens (including phenoxy) is 2. The normalized spacial score (nSPS) is 15.6. The van der Waals surface area contributed by atoms with Gasteiger partial charge in [-0.25, -0.2) is 0 Å². The smallest absolute Gasteiger partial charge is 0.253 e. The van der Waals surface area contributed by atoms with Gasteiger partial charge in [-0.15, -0.1) is 0 Å². The fourth-order valence-corrected chi connectivity index (χ4v) is 4.14. The van der Waals surface area contributed by atoms with E-state index < -0.39 is 0 Å². The molecule has 2 heterocycles. The first-order valence-corrected chi connectivity index (χ1v) is 11.5. The molecule has 168 valence electrons. The highest BCUT2D eigenvalue weighted by molar-refractivity contribution is 7.80. The molecule has 1 unspecified atom stereocenters. The van der Waals surface area contributed by atoms with Crippen LogP contribution in [-0.4, -0.2) is 40.9 Å². The number of thiocarbonyl (C=S) groups is 1. The highest BCUT2D eigenvalue weighted by atomic mass is 32.1. The highest BCUT2D eigenvalue weighted by Gasteiger charge is 2.18. The van der Waals surface area contributed by atoms with Crippen LogP contribution in [0.1, 0.15) is 30.9 Å².